The third kappa shape index (κ3) is 3.87. The van der Waals surface area contributed by atoms with E-state index in [1.165, 1.54) is 44.5 Å². The quantitative estimate of drug-likeness (QED) is 0.182. The van der Waals surface area contributed by atoms with Crippen molar-refractivity contribution in [2.24, 2.45) is 0 Å². The van der Waals surface area contributed by atoms with Crippen molar-refractivity contribution >= 4 is 34.1 Å². The fraction of sp³-hybridized carbons (Fsp3) is 0.125. The number of hydrogen-bond donors (Lipinski definition) is 0. The summed E-state index contributed by atoms with van der Waals surface area (Å²) < 4.78 is 12.7. The molecule has 2 aliphatic carbocycles. The van der Waals surface area contributed by atoms with E-state index < -0.39 is 0 Å². The maximum absolute atomic E-state index is 6.33. The van der Waals surface area contributed by atoms with Crippen LogP contribution >= 0.6 is 0 Å². The average molecular weight is 673 g/mol. The highest BCUT2D eigenvalue weighted by atomic mass is 16.5. The van der Waals surface area contributed by atoms with Crippen LogP contribution in [0, 0.1) is 0 Å². The number of hydrogen-bond acceptors (Lipinski definition) is 4. The summed E-state index contributed by atoms with van der Waals surface area (Å²) in [6, 6.07) is 52.3. The van der Waals surface area contributed by atoms with Crippen LogP contribution in [-0.2, 0) is 10.8 Å². The summed E-state index contributed by atoms with van der Waals surface area (Å²) in [6.45, 7) is 9.53. The fourth-order valence-electron chi connectivity index (χ4n) is 9.18. The van der Waals surface area contributed by atoms with E-state index in [-0.39, 0.29) is 10.8 Å². The normalized spacial score (nSPS) is 15.8. The van der Waals surface area contributed by atoms with Gasteiger partial charge in [-0.05, 0) is 129 Å². The number of benzene rings is 7. The predicted octanol–water partition coefficient (Wildman–Crippen LogP) is 13.5. The molecule has 0 N–H and O–H groups in total. The summed E-state index contributed by atoms with van der Waals surface area (Å²) in [5.41, 5.74) is 16.9. The van der Waals surface area contributed by atoms with Gasteiger partial charge in [0.2, 0.25) is 0 Å². The minimum atomic E-state index is -0.185. The number of nitrogens with zero attached hydrogens (tertiary/aromatic N) is 2. The highest BCUT2D eigenvalue weighted by Crippen LogP contribution is 2.59. The van der Waals surface area contributed by atoms with Gasteiger partial charge >= 0.3 is 0 Å². The first-order valence-electron chi connectivity index (χ1n) is 18.1. The van der Waals surface area contributed by atoms with Crippen molar-refractivity contribution in [2.45, 2.75) is 38.5 Å². The van der Waals surface area contributed by atoms with E-state index in [0.29, 0.717) is 0 Å². The smallest absolute Gasteiger partial charge is 0.151 e. The molecule has 11 rings (SSSR count). The number of para-hydroxylation sites is 8. The summed E-state index contributed by atoms with van der Waals surface area (Å²) >= 11 is 0. The molecule has 0 aromatic heterocycles. The number of fused-ring (bicyclic) bond motifs is 10. The van der Waals surface area contributed by atoms with Crippen molar-refractivity contribution in [3.63, 3.8) is 0 Å². The van der Waals surface area contributed by atoms with Crippen LogP contribution in [0.3, 0.4) is 0 Å². The van der Waals surface area contributed by atoms with Gasteiger partial charge in [-0.2, -0.15) is 0 Å². The zero-order valence-corrected chi connectivity index (χ0v) is 29.6. The summed E-state index contributed by atoms with van der Waals surface area (Å²) in [5, 5.41) is 0. The van der Waals surface area contributed by atoms with Gasteiger partial charge in [-0.15, -0.1) is 0 Å². The Morgan fingerprint density at radius 2 is 0.654 bits per heavy atom. The molecule has 52 heavy (non-hydrogen) atoms. The number of rotatable bonds is 2. The first kappa shape index (κ1) is 29.5. The van der Waals surface area contributed by atoms with Crippen molar-refractivity contribution < 1.29 is 9.47 Å². The predicted molar refractivity (Wildman–Crippen MR) is 211 cm³/mol. The highest BCUT2D eigenvalue weighted by molar-refractivity contribution is 5.94. The second-order valence-electron chi connectivity index (χ2n) is 15.4. The first-order valence-corrected chi connectivity index (χ1v) is 18.1. The third-order valence-corrected chi connectivity index (χ3v) is 11.8. The van der Waals surface area contributed by atoms with Crippen LogP contribution in [0.15, 0.2) is 146 Å². The molecular weight excluding hydrogens is 637 g/mol. The summed E-state index contributed by atoms with van der Waals surface area (Å²) in [4.78, 5) is 4.69. The Labute approximate surface area is 304 Å². The van der Waals surface area contributed by atoms with Crippen molar-refractivity contribution in [1.82, 2.24) is 0 Å². The first-order chi connectivity index (χ1) is 25.3. The van der Waals surface area contributed by atoms with E-state index in [0.717, 1.165) is 57.1 Å². The van der Waals surface area contributed by atoms with Crippen LogP contribution in [0.5, 0.6) is 23.0 Å². The lowest BCUT2D eigenvalue weighted by Gasteiger charge is -2.33. The minimum absolute atomic E-state index is 0.185. The summed E-state index contributed by atoms with van der Waals surface area (Å²) in [5.74, 6) is 3.47. The molecule has 7 aromatic carbocycles. The molecule has 0 fully saturated rings. The van der Waals surface area contributed by atoms with Crippen LogP contribution in [0.25, 0.3) is 22.3 Å². The second kappa shape index (κ2) is 10.2. The van der Waals surface area contributed by atoms with Crippen LogP contribution in [0.2, 0.25) is 0 Å². The molecule has 0 bridgehead atoms. The fourth-order valence-corrected chi connectivity index (χ4v) is 9.18. The molecule has 4 heteroatoms. The Kier molecular flexibility index (Phi) is 5.76. The maximum atomic E-state index is 6.33. The minimum Gasteiger partial charge on any atom is -0.453 e. The Morgan fingerprint density at radius 1 is 0.346 bits per heavy atom. The van der Waals surface area contributed by atoms with Gasteiger partial charge in [-0.25, -0.2) is 0 Å². The van der Waals surface area contributed by atoms with Crippen LogP contribution in [0.1, 0.15) is 49.9 Å². The maximum Gasteiger partial charge on any atom is 0.151 e. The van der Waals surface area contributed by atoms with E-state index in [4.69, 9.17) is 9.47 Å². The van der Waals surface area contributed by atoms with Crippen LogP contribution in [-0.4, -0.2) is 0 Å². The topological polar surface area (TPSA) is 24.9 Å². The monoisotopic (exact) mass is 672 g/mol. The molecule has 2 aliphatic heterocycles. The van der Waals surface area contributed by atoms with Crippen LogP contribution < -0.4 is 19.3 Å². The second-order valence-corrected chi connectivity index (χ2v) is 15.4. The molecule has 0 spiro atoms. The van der Waals surface area contributed by atoms with Crippen molar-refractivity contribution in [2.75, 3.05) is 9.80 Å². The van der Waals surface area contributed by atoms with Gasteiger partial charge < -0.3 is 19.3 Å². The Bertz CT molecular complexity index is 2390. The molecule has 4 aliphatic rings. The average Bonchev–Trinajstić information content (AvgIpc) is 3.53. The van der Waals surface area contributed by atoms with E-state index in [2.05, 4.69) is 135 Å². The largest absolute Gasteiger partial charge is 0.453 e. The van der Waals surface area contributed by atoms with E-state index >= 15 is 0 Å². The molecule has 0 saturated heterocycles. The molecule has 250 valence electrons. The summed E-state index contributed by atoms with van der Waals surface area (Å²) in [6.07, 6.45) is 0. The molecule has 0 saturated carbocycles. The lowest BCUT2D eigenvalue weighted by atomic mass is 9.79. The number of ether oxygens (including phenoxy) is 2. The molecular formula is C48H36N2O2. The SMILES string of the molecule is CC1(C)c2cc(N3c4ccccc4Oc4ccccc43)ccc2-c2cc3c(cc21)-c1ccc(N2c4ccccc4Oc4ccccc42)cc1C3(C)C. The third-order valence-electron chi connectivity index (χ3n) is 11.8. The van der Waals surface area contributed by atoms with Gasteiger partial charge in [0.05, 0.1) is 22.7 Å². The molecule has 0 unspecified atom stereocenters. The molecule has 7 aromatic rings. The molecule has 2 heterocycles. The zero-order valence-electron chi connectivity index (χ0n) is 29.6. The molecule has 0 radical (unpaired) electrons. The van der Waals surface area contributed by atoms with E-state index in [9.17, 15) is 0 Å². The summed E-state index contributed by atoms with van der Waals surface area (Å²) in [7, 11) is 0. The van der Waals surface area contributed by atoms with E-state index in [1.54, 1.807) is 0 Å². The van der Waals surface area contributed by atoms with Crippen LogP contribution in [0.4, 0.5) is 34.1 Å². The Balaban J connectivity index is 1.02. The van der Waals surface area contributed by atoms with Crippen molar-refractivity contribution in [3.8, 4) is 45.3 Å². The number of anilines is 6. The molecule has 0 atom stereocenters. The van der Waals surface area contributed by atoms with Gasteiger partial charge in [0.15, 0.2) is 23.0 Å². The lowest BCUT2D eigenvalue weighted by molar-refractivity contribution is 0.476. The van der Waals surface area contributed by atoms with E-state index in [1.807, 2.05) is 48.5 Å². The standard InChI is InChI=1S/C48H36N2O2/c1-47(2)35-25-29(49-39-13-5-9-17-43(39)51-44-18-10-6-14-40(44)49)21-23-31(35)33-28-38-34(27-37(33)47)32-24-22-30(26-36(32)48(38,3)4)50-41-15-7-11-19-45(41)52-46-20-12-8-16-42(46)50/h5-28H,1-4H3. The lowest BCUT2D eigenvalue weighted by Crippen LogP contribution is -2.19. The van der Waals surface area contributed by atoms with Gasteiger partial charge in [0.25, 0.3) is 0 Å². The van der Waals surface area contributed by atoms with Gasteiger partial charge in [-0.3, -0.25) is 0 Å². The van der Waals surface area contributed by atoms with Gasteiger partial charge in [0.1, 0.15) is 0 Å². The van der Waals surface area contributed by atoms with Gasteiger partial charge in [0, 0.05) is 22.2 Å². The van der Waals surface area contributed by atoms with Crippen molar-refractivity contribution in [3.05, 3.63) is 168 Å². The Hall–Kier alpha value is -6.26. The van der Waals surface area contributed by atoms with Gasteiger partial charge in [-0.1, -0.05) is 88.4 Å². The highest BCUT2D eigenvalue weighted by Gasteiger charge is 2.42. The molecule has 0 amide bonds. The molecule has 4 nitrogen and oxygen atoms in total. The van der Waals surface area contributed by atoms with Crippen molar-refractivity contribution in [1.29, 1.82) is 0 Å². The Morgan fingerprint density at radius 3 is 1.00 bits per heavy atom. The zero-order chi connectivity index (χ0) is 34.9.